The lowest BCUT2D eigenvalue weighted by atomic mass is 10.2. The van der Waals surface area contributed by atoms with Gasteiger partial charge < -0.3 is 15.3 Å². The van der Waals surface area contributed by atoms with E-state index in [1.807, 2.05) is 6.92 Å². The van der Waals surface area contributed by atoms with Crippen LogP contribution < -0.4 is 5.32 Å². The number of rotatable bonds is 5. The molecule has 2 N–H and O–H groups in total. The first kappa shape index (κ1) is 12.9. The van der Waals surface area contributed by atoms with Gasteiger partial charge in [0.1, 0.15) is 0 Å². The quantitative estimate of drug-likeness (QED) is 0.622. The highest BCUT2D eigenvalue weighted by Gasteiger charge is 2.12. The van der Waals surface area contributed by atoms with E-state index in [0.717, 1.165) is 0 Å². The number of carbonyl (C=O) groups excluding carboxylic acids is 2. The maximum absolute atomic E-state index is 11.3. The summed E-state index contributed by atoms with van der Waals surface area (Å²) in [6.45, 7) is 3.23. The minimum atomic E-state index is -0.247. The molecule has 0 aliphatic heterocycles. The third-order valence-corrected chi connectivity index (χ3v) is 2.00. The van der Waals surface area contributed by atoms with Crippen molar-refractivity contribution in [3.63, 3.8) is 0 Å². The molecule has 5 heteroatoms. The minimum absolute atomic E-state index is 0.0336. The van der Waals surface area contributed by atoms with Crippen LogP contribution in [0.3, 0.4) is 0 Å². The fourth-order valence-electron chi connectivity index (χ4n) is 0.877. The van der Waals surface area contributed by atoms with Gasteiger partial charge in [-0.05, 0) is 6.42 Å². The van der Waals surface area contributed by atoms with Gasteiger partial charge in [0.05, 0.1) is 19.2 Å². The molecule has 0 aromatic rings. The van der Waals surface area contributed by atoms with Crippen LogP contribution >= 0.6 is 0 Å². The molecule has 82 valence electrons. The zero-order chi connectivity index (χ0) is 11.1. The summed E-state index contributed by atoms with van der Waals surface area (Å²) in [5.74, 6) is -0.402. The first-order valence-corrected chi connectivity index (χ1v) is 4.63. The van der Waals surface area contributed by atoms with Gasteiger partial charge in [0.25, 0.3) is 0 Å². The third-order valence-electron chi connectivity index (χ3n) is 2.00. The molecular weight excluding hydrogens is 184 g/mol. The van der Waals surface area contributed by atoms with Crippen molar-refractivity contribution in [2.24, 2.45) is 0 Å². The Hall–Kier alpha value is -1.10. The summed E-state index contributed by atoms with van der Waals surface area (Å²) in [6.07, 6.45) is 0.673. The summed E-state index contributed by atoms with van der Waals surface area (Å²) < 4.78 is 0. The Labute approximate surface area is 84.1 Å². The van der Waals surface area contributed by atoms with Gasteiger partial charge in [-0.25, -0.2) is 0 Å². The molecule has 0 saturated heterocycles. The Morgan fingerprint density at radius 2 is 2.07 bits per heavy atom. The summed E-state index contributed by atoms with van der Waals surface area (Å²) in [5.41, 5.74) is 0. The molecule has 0 fully saturated rings. The molecule has 0 radical (unpaired) electrons. The van der Waals surface area contributed by atoms with Crippen LogP contribution in [-0.2, 0) is 9.59 Å². The van der Waals surface area contributed by atoms with E-state index in [2.05, 4.69) is 5.32 Å². The molecule has 2 amide bonds. The predicted octanol–water partition coefficient (Wildman–Crippen LogP) is -0.648. The maximum atomic E-state index is 11.3. The van der Waals surface area contributed by atoms with E-state index in [9.17, 15) is 9.59 Å². The number of nitrogens with zero attached hydrogens (tertiary/aromatic N) is 1. The molecule has 0 aliphatic carbocycles. The van der Waals surface area contributed by atoms with Crippen molar-refractivity contribution >= 4 is 11.8 Å². The maximum Gasteiger partial charge on any atom is 0.239 e. The molecule has 0 spiro atoms. The molecular formula is C9H18N2O3. The number of carbonyl (C=O) groups is 2. The van der Waals surface area contributed by atoms with Crippen molar-refractivity contribution in [3.05, 3.63) is 0 Å². The number of aliphatic hydroxyl groups excluding tert-OH is 1. The fourth-order valence-corrected chi connectivity index (χ4v) is 0.877. The summed E-state index contributed by atoms with van der Waals surface area (Å²) in [5, 5.41) is 11.4. The van der Waals surface area contributed by atoms with Crippen LogP contribution in [0.1, 0.15) is 20.3 Å². The fraction of sp³-hybridized carbons (Fsp3) is 0.778. The Bertz CT molecular complexity index is 202. The monoisotopic (exact) mass is 202 g/mol. The summed E-state index contributed by atoms with van der Waals surface area (Å²) in [7, 11) is 1.56. The molecule has 1 atom stereocenters. The first-order chi connectivity index (χ1) is 6.51. The van der Waals surface area contributed by atoms with Gasteiger partial charge in [-0.3, -0.25) is 9.59 Å². The van der Waals surface area contributed by atoms with E-state index in [4.69, 9.17) is 5.11 Å². The second kappa shape index (κ2) is 6.37. The number of nitrogens with one attached hydrogen (secondary N) is 1. The lowest BCUT2D eigenvalue weighted by molar-refractivity contribution is -0.133. The number of aliphatic hydroxyl groups is 1. The average molecular weight is 202 g/mol. The van der Waals surface area contributed by atoms with Gasteiger partial charge >= 0.3 is 0 Å². The smallest absolute Gasteiger partial charge is 0.239 e. The number of amides is 2. The van der Waals surface area contributed by atoms with Crippen molar-refractivity contribution in [1.29, 1.82) is 0 Å². The highest BCUT2D eigenvalue weighted by atomic mass is 16.3. The van der Waals surface area contributed by atoms with Gasteiger partial charge in [0.2, 0.25) is 11.8 Å². The number of likely N-dealkylation sites (N-methyl/N-ethyl adjacent to an activating group) is 1. The van der Waals surface area contributed by atoms with E-state index < -0.39 is 0 Å². The highest BCUT2D eigenvalue weighted by Crippen LogP contribution is 1.90. The van der Waals surface area contributed by atoms with Gasteiger partial charge in [-0.1, -0.05) is 6.92 Å². The van der Waals surface area contributed by atoms with Crippen LogP contribution in [-0.4, -0.2) is 48.1 Å². The average Bonchev–Trinajstić information content (AvgIpc) is 2.13. The van der Waals surface area contributed by atoms with Crippen LogP contribution in [0, 0.1) is 0 Å². The number of hydrogen-bond donors (Lipinski definition) is 2. The van der Waals surface area contributed by atoms with Gasteiger partial charge in [-0.2, -0.15) is 0 Å². The van der Waals surface area contributed by atoms with Gasteiger partial charge in [-0.15, -0.1) is 0 Å². The Balaban J connectivity index is 3.91. The molecule has 0 aromatic heterocycles. The SMILES string of the molecule is CC[C@H](CO)NC(=O)CN(C)C(C)=O. The van der Waals surface area contributed by atoms with Gasteiger partial charge in [0, 0.05) is 14.0 Å². The van der Waals surface area contributed by atoms with Crippen LogP contribution in [0.15, 0.2) is 0 Å². The summed E-state index contributed by atoms with van der Waals surface area (Å²) in [6, 6.07) is -0.220. The van der Waals surface area contributed by atoms with E-state index in [0.29, 0.717) is 6.42 Å². The molecule has 0 unspecified atom stereocenters. The van der Waals surface area contributed by atoms with Crippen LogP contribution in [0.4, 0.5) is 0 Å². The lowest BCUT2D eigenvalue weighted by Crippen LogP contribution is -2.43. The zero-order valence-electron chi connectivity index (χ0n) is 8.91. The molecule has 0 aliphatic rings. The Kier molecular flexibility index (Phi) is 5.87. The molecule has 0 aromatic carbocycles. The standard InChI is InChI=1S/C9H18N2O3/c1-4-8(6-12)10-9(14)5-11(3)7(2)13/h8,12H,4-6H2,1-3H3,(H,10,14)/t8-/m1/s1. The summed E-state index contributed by atoms with van der Waals surface area (Å²) >= 11 is 0. The normalized spacial score (nSPS) is 12.0. The second-order valence-electron chi connectivity index (χ2n) is 3.23. The molecule has 0 saturated carbocycles. The highest BCUT2D eigenvalue weighted by molar-refractivity contribution is 5.83. The van der Waals surface area contributed by atoms with Crippen LogP contribution in [0.25, 0.3) is 0 Å². The molecule has 14 heavy (non-hydrogen) atoms. The number of hydrogen-bond acceptors (Lipinski definition) is 3. The first-order valence-electron chi connectivity index (χ1n) is 4.63. The topological polar surface area (TPSA) is 69.6 Å². The molecule has 0 bridgehead atoms. The van der Waals surface area contributed by atoms with Crippen LogP contribution in [0.2, 0.25) is 0 Å². The van der Waals surface area contributed by atoms with Crippen molar-refractivity contribution in [1.82, 2.24) is 10.2 Å². The van der Waals surface area contributed by atoms with Crippen molar-refractivity contribution in [2.45, 2.75) is 26.3 Å². The van der Waals surface area contributed by atoms with E-state index in [1.165, 1.54) is 11.8 Å². The zero-order valence-corrected chi connectivity index (χ0v) is 8.91. The minimum Gasteiger partial charge on any atom is -0.394 e. The molecule has 5 nitrogen and oxygen atoms in total. The van der Waals surface area contributed by atoms with E-state index in [-0.39, 0.29) is 31.0 Å². The van der Waals surface area contributed by atoms with Crippen molar-refractivity contribution < 1.29 is 14.7 Å². The van der Waals surface area contributed by atoms with Gasteiger partial charge in [0.15, 0.2) is 0 Å². The van der Waals surface area contributed by atoms with E-state index >= 15 is 0 Å². The Morgan fingerprint density at radius 3 is 2.43 bits per heavy atom. The van der Waals surface area contributed by atoms with Crippen LogP contribution in [0.5, 0.6) is 0 Å². The Morgan fingerprint density at radius 1 is 1.50 bits per heavy atom. The van der Waals surface area contributed by atoms with E-state index in [1.54, 1.807) is 7.05 Å². The molecule has 0 rings (SSSR count). The predicted molar refractivity (Wildman–Crippen MR) is 52.6 cm³/mol. The molecule has 0 heterocycles. The third kappa shape index (κ3) is 4.81. The second-order valence-corrected chi connectivity index (χ2v) is 3.23. The largest absolute Gasteiger partial charge is 0.394 e. The van der Waals surface area contributed by atoms with Crippen molar-refractivity contribution in [3.8, 4) is 0 Å². The lowest BCUT2D eigenvalue weighted by Gasteiger charge is -2.18. The summed E-state index contributed by atoms with van der Waals surface area (Å²) in [4.78, 5) is 23.4. The van der Waals surface area contributed by atoms with Crippen molar-refractivity contribution in [2.75, 3.05) is 20.2 Å².